The number of carbonyl (C=O) groups excluding carboxylic acids is 1. The summed E-state index contributed by atoms with van der Waals surface area (Å²) in [4.78, 5) is 17.4. The van der Waals surface area contributed by atoms with Crippen LogP contribution in [0.25, 0.3) is 5.69 Å². The average Bonchev–Trinajstić information content (AvgIpc) is 3.02. The molecule has 25 heavy (non-hydrogen) atoms. The van der Waals surface area contributed by atoms with Crippen molar-refractivity contribution in [2.75, 3.05) is 20.1 Å². The van der Waals surface area contributed by atoms with E-state index in [1.165, 1.54) is 0 Å². The van der Waals surface area contributed by atoms with Crippen LogP contribution >= 0.6 is 0 Å². The number of piperidine rings is 1. The van der Waals surface area contributed by atoms with Gasteiger partial charge in [-0.1, -0.05) is 18.2 Å². The maximum Gasteiger partial charge on any atom is 0.257 e. The zero-order valence-corrected chi connectivity index (χ0v) is 15.6. The van der Waals surface area contributed by atoms with Crippen LogP contribution in [-0.4, -0.2) is 57.7 Å². The number of hydrogen-bond donors (Lipinski definition) is 0. The van der Waals surface area contributed by atoms with E-state index in [-0.39, 0.29) is 5.91 Å². The second-order valence-electron chi connectivity index (χ2n) is 7.17. The van der Waals surface area contributed by atoms with Crippen LogP contribution in [0.1, 0.15) is 42.7 Å². The lowest BCUT2D eigenvalue weighted by atomic mass is 10.0. The van der Waals surface area contributed by atoms with Crippen molar-refractivity contribution in [2.24, 2.45) is 0 Å². The molecule has 0 radical (unpaired) electrons. The van der Waals surface area contributed by atoms with Gasteiger partial charge in [0.05, 0.1) is 23.1 Å². The van der Waals surface area contributed by atoms with Gasteiger partial charge in [0.25, 0.3) is 5.91 Å². The molecular weight excluding hydrogens is 312 g/mol. The molecule has 0 N–H and O–H groups in total. The van der Waals surface area contributed by atoms with Crippen LogP contribution in [0.5, 0.6) is 0 Å². The second kappa shape index (κ2) is 7.40. The fourth-order valence-corrected chi connectivity index (χ4v) is 3.59. The molecule has 0 unspecified atom stereocenters. The van der Waals surface area contributed by atoms with Crippen molar-refractivity contribution >= 4 is 5.91 Å². The lowest BCUT2D eigenvalue weighted by Crippen LogP contribution is -2.47. The van der Waals surface area contributed by atoms with Gasteiger partial charge in [0.2, 0.25) is 0 Å². The molecule has 134 valence electrons. The van der Waals surface area contributed by atoms with E-state index < -0.39 is 0 Å². The van der Waals surface area contributed by atoms with Crippen LogP contribution in [-0.2, 0) is 0 Å². The van der Waals surface area contributed by atoms with Crippen LogP contribution in [0.3, 0.4) is 0 Å². The van der Waals surface area contributed by atoms with Crippen LogP contribution in [0.4, 0.5) is 0 Å². The number of likely N-dealkylation sites (tertiary alicyclic amines) is 1. The number of amides is 1. The average molecular weight is 340 g/mol. The molecule has 0 atom stereocenters. The SMILES string of the molecule is Cc1c(C(=O)N(C)C2CCN(C(C)C)CC2)cnn1-c1ccccc1. The maximum absolute atomic E-state index is 13.0. The smallest absolute Gasteiger partial charge is 0.257 e. The highest BCUT2D eigenvalue weighted by Gasteiger charge is 2.28. The Morgan fingerprint density at radius 3 is 2.44 bits per heavy atom. The van der Waals surface area contributed by atoms with E-state index in [4.69, 9.17) is 0 Å². The first kappa shape index (κ1) is 17.7. The standard InChI is InChI=1S/C20H28N4O/c1-15(2)23-12-10-17(11-13-23)22(4)20(25)19-14-21-24(16(19)3)18-8-6-5-7-9-18/h5-9,14-15,17H,10-13H2,1-4H3. The molecule has 2 aromatic rings. The van der Waals surface area contributed by atoms with Crippen molar-refractivity contribution in [3.63, 3.8) is 0 Å². The van der Waals surface area contributed by atoms with E-state index in [9.17, 15) is 4.79 Å². The summed E-state index contributed by atoms with van der Waals surface area (Å²) in [6.07, 6.45) is 3.77. The normalized spacial score (nSPS) is 16.4. The zero-order chi connectivity index (χ0) is 18.0. The number of hydrogen-bond acceptors (Lipinski definition) is 3. The summed E-state index contributed by atoms with van der Waals surface area (Å²) in [5, 5.41) is 4.43. The summed E-state index contributed by atoms with van der Waals surface area (Å²) >= 11 is 0. The molecule has 0 saturated carbocycles. The Kier molecular flexibility index (Phi) is 5.23. The molecule has 1 aliphatic rings. The molecule has 0 aliphatic carbocycles. The van der Waals surface area contributed by atoms with Crippen molar-refractivity contribution in [1.29, 1.82) is 0 Å². The highest BCUT2D eigenvalue weighted by atomic mass is 16.2. The molecule has 0 spiro atoms. The third-order valence-corrected chi connectivity index (χ3v) is 5.34. The van der Waals surface area contributed by atoms with E-state index in [2.05, 4.69) is 23.8 Å². The molecule has 5 heteroatoms. The molecule has 1 aromatic carbocycles. The van der Waals surface area contributed by atoms with Gasteiger partial charge in [0.15, 0.2) is 0 Å². The minimum absolute atomic E-state index is 0.0719. The summed E-state index contributed by atoms with van der Waals surface area (Å²) in [7, 11) is 1.93. The fraction of sp³-hybridized carbons (Fsp3) is 0.500. The van der Waals surface area contributed by atoms with Gasteiger partial charge in [-0.2, -0.15) is 5.10 Å². The third-order valence-electron chi connectivity index (χ3n) is 5.34. The molecule has 1 fully saturated rings. The van der Waals surface area contributed by atoms with E-state index in [1.807, 2.05) is 53.9 Å². The predicted molar refractivity (Wildman–Crippen MR) is 100 cm³/mol. The number of rotatable bonds is 4. The number of aromatic nitrogens is 2. The summed E-state index contributed by atoms with van der Waals surface area (Å²) in [6.45, 7) is 8.54. The first-order valence-electron chi connectivity index (χ1n) is 9.10. The lowest BCUT2D eigenvalue weighted by molar-refractivity contribution is 0.0614. The van der Waals surface area contributed by atoms with Gasteiger partial charge >= 0.3 is 0 Å². The molecule has 5 nitrogen and oxygen atoms in total. The van der Waals surface area contributed by atoms with E-state index in [0.29, 0.717) is 17.6 Å². The highest BCUT2D eigenvalue weighted by Crippen LogP contribution is 2.21. The molecule has 1 aromatic heterocycles. The van der Waals surface area contributed by atoms with E-state index in [0.717, 1.165) is 37.3 Å². The third kappa shape index (κ3) is 3.61. The summed E-state index contributed by atoms with van der Waals surface area (Å²) in [5.41, 5.74) is 2.56. The molecule has 2 heterocycles. The van der Waals surface area contributed by atoms with Gasteiger partial charge in [-0.05, 0) is 45.7 Å². The van der Waals surface area contributed by atoms with Crippen LogP contribution in [0.2, 0.25) is 0 Å². The minimum Gasteiger partial charge on any atom is -0.339 e. The quantitative estimate of drug-likeness (QED) is 0.859. The Hall–Kier alpha value is -2.14. The van der Waals surface area contributed by atoms with Crippen LogP contribution < -0.4 is 0 Å². The lowest BCUT2D eigenvalue weighted by Gasteiger charge is -2.38. The monoisotopic (exact) mass is 340 g/mol. The Bertz CT molecular complexity index is 715. The fourth-order valence-electron chi connectivity index (χ4n) is 3.59. The van der Waals surface area contributed by atoms with Crippen LogP contribution in [0, 0.1) is 6.92 Å². The Morgan fingerprint density at radius 1 is 1.20 bits per heavy atom. The largest absolute Gasteiger partial charge is 0.339 e. The highest BCUT2D eigenvalue weighted by molar-refractivity contribution is 5.95. The summed E-state index contributed by atoms with van der Waals surface area (Å²) < 4.78 is 1.84. The summed E-state index contributed by atoms with van der Waals surface area (Å²) in [6, 6.07) is 10.8. The molecule has 1 saturated heterocycles. The molecule has 3 rings (SSSR count). The van der Waals surface area contributed by atoms with Gasteiger partial charge < -0.3 is 9.80 Å². The van der Waals surface area contributed by atoms with Crippen molar-refractivity contribution in [2.45, 2.75) is 45.7 Å². The van der Waals surface area contributed by atoms with E-state index >= 15 is 0 Å². The first-order valence-corrected chi connectivity index (χ1v) is 9.10. The minimum atomic E-state index is 0.0719. The van der Waals surface area contributed by atoms with Gasteiger partial charge in [0.1, 0.15) is 0 Å². The predicted octanol–water partition coefficient (Wildman–Crippen LogP) is 3.13. The second-order valence-corrected chi connectivity index (χ2v) is 7.17. The van der Waals surface area contributed by atoms with Crippen molar-refractivity contribution < 1.29 is 4.79 Å². The summed E-state index contributed by atoms with van der Waals surface area (Å²) in [5.74, 6) is 0.0719. The number of nitrogens with zero attached hydrogens (tertiary/aromatic N) is 4. The number of benzene rings is 1. The number of carbonyl (C=O) groups is 1. The Balaban J connectivity index is 1.72. The van der Waals surface area contributed by atoms with Crippen molar-refractivity contribution in [1.82, 2.24) is 19.6 Å². The topological polar surface area (TPSA) is 41.4 Å². The van der Waals surface area contributed by atoms with Gasteiger partial charge in [-0.25, -0.2) is 4.68 Å². The van der Waals surface area contributed by atoms with Gasteiger partial charge in [0, 0.05) is 32.2 Å². The molecule has 1 amide bonds. The Labute approximate surface area is 150 Å². The van der Waals surface area contributed by atoms with Gasteiger partial charge in [-0.3, -0.25) is 4.79 Å². The number of para-hydroxylation sites is 1. The van der Waals surface area contributed by atoms with E-state index in [1.54, 1.807) is 6.20 Å². The molecule has 1 aliphatic heterocycles. The zero-order valence-electron chi connectivity index (χ0n) is 15.6. The molecular formula is C20H28N4O. The molecule has 0 bridgehead atoms. The van der Waals surface area contributed by atoms with Crippen molar-refractivity contribution in [3.8, 4) is 5.69 Å². The first-order chi connectivity index (χ1) is 12.0. The van der Waals surface area contributed by atoms with Crippen LogP contribution in [0.15, 0.2) is 36.5 Å². The van der Waals surface area contributed by atoms with Gasteiger partial charge in [-0.15, -0.1) is 0 Å². The Morgan fingerprint density at radius 2 is 1.84 bits per heavy atom. The van der Waals surface area contributed by atoms with Crippen molar-refractivity contribution in [3.05, 3.63) is 47.8 Å². The maximum atomic E-state index is 13.0.